The van der Waals surface area contributed by atoms with Crippen LogP contribution >= 0.6 is 101 Å². The first-order valence-electron chi connectivity index (χ1n) is 12.5. The Morgan fingerprint density at radius 1 is 0.561 bits per heavy atom. The first-order chi connectivity index (χ1) is 19.8. The van der Waals surface area contributed by atoms with Crippen molar-refractivity contribution >= 4 is 101 Å². The zero-order valence-corrected chi connectivity index (χ0v) is 30.8. The second-order valence-corrected chi connectivity index (χ2v) is 16.4. The van der Waals surface area contributed by atoms with Crippen LogP contribution in [0.1, 0.15) is 11.1 Å². The van der Waals surface area contributed by atoms with Gasteiger partial charge in [-0.05, 0) is 150 Å². The van der Waals surface area contributed by atoms with E-state index in [1.807, 2.05) is 30.3 Å². The van der Waals surface area contributed by atoms with Crippen LogP contribution in [0.15, 0.2) is 106 Å². The summed E-state index contributed by atoms with van der Waals surface area (Å²) in [5.74, 6) is 1.81. The lowest BCUT2D eigenvalue weighted by Crippen LogP contribution is -2.01. The Bertz CT molecular complexity index is 1670. The highest BCUT2D eigenvalue weighted by atomic mass is 127. The highest BCUT2D eigenvalue weighted by molar-refractivity contribution is 14.1. The van der Waals surface area contributed by atoms with Crippen LogP contribution in [0.3, 0.4) is 0 Å². The summed E-state index contributed by atoms with van der Waals surface area (Å²) in [5, 5.41) is 21.3. The van der Waals surface area contributed by atoms with Gasteiger partial charge in [-0.2, -0.15) is 10.9 Å². The molecule has 4 nitrogen and oxygen atoms in total. The van der Waals surface area contributed by atoms with Crippen molar-refractivity contribution in [1.82, 2.24) is 0 Å². The Hall–Kier alpha value is -1.43. The summed E-state index contributed by atoms with van der Waals surface area (Å²) >= 11 is 8.79. The van der Waals surface area contributed by atoms with E-state index >= 15 is 0 Å². The van der Waals surface area contributed by atoms with Gasteiger partial charge in [0.2, 0.25) is 0 Å². The van der Waals surface area contributed by atoms with Crippen molar-refractivity contribution < 1.29 is 19.7 Å². The molecule has 0 amide bonds. The lowest BCUT2D eigenvalue weighted by Gasteiger charge is -2.21. The summed E-state index contributed by atoms with van der Waals surface area (Å²) in [6.45, 7) is 0.449. The van der Waals surface area contributed by atoms with Crippen LogP contribution in [-0.4, -0.2) is 10.2 Å². The number of hydrogen-bond donors (Lipinski definition) is 3. The van der Waals surface area contributed by atoms with Crippen molar-refractivity contribution in [2.75, 3.05) is 0 Å². The van der Waals surface area contributed by atoms with E-state index in [1.165, 1.54) is 20.9 Å². The molecule has 9 heteroatoms. The second-order valence-electron chi connectivity index (χ2n) is 9.40. The molecule has 1 aliphatic rings. The van der Waals surface area contributed by atoms with Crippen molar-refractivity contribution in [2.45, 2.75) is 27.9 Å². The van der Waals surface area contributed by atoms with Gasteiger partial charge in [0.25, 0.3) is 0 Å². The fourth-order valence-electron chi connectivity index (χ4n) is 4.83. The first kappa shape index (κ1) is 29.6. The molecule has 0 atom stereocenters. The summed E-state index contributed by atoms with van der Waals surface area (Å²) in [5.41, 5.74) is 3.99. The van der Waals surface area contributed by atoms with Gasteiger partial charge in [0.15, 0.2) is 0 Å². The molecule has 0 saturated heterocycles. The zero-order chi connectivity index (χ0) is 28.7. The molecule has 0 fully saturated rings. The number of aromatic hydroxyl groups is 2. The maximum atomic E-state index is 10.6. The van der Waals surface area contributed by atoms with Crippen LogP contribution in [0, 0.1) is 14.3 Å². The van der Waals surface area contributed by atoms with Crippen molar-refractivity contribution in [3.63, 3.8) is 0 Å². The summed E-state index contributed by atoms with van der Waals surface area (Å²) in [6, 6.07) is 31.0. The smallest absolute Gasteiger partial charge is 0.135 e. The molecular weight excluding hydrogens is 988 g/mol. The van der Waals surface area contributed by atoms with Gasteiger partial charge in [0, 0.05) is 39.0 Å². The average molecular weight is 1010 g/mol. The Kier molecular flexibility index (Phi) is 9.15. The van der Waals surface area contributed by atoms with E-state index in [0.29, 0.717) is 11.5 Å². The van der Waals surface area contributed by atoms with Crippen LogP contribution in [0.5, 0.6) is 23.0 Å². The Balaban J connectivity index is 1.39. The van der Waals surface area contributed by atoms with Gasteiger partial charge in [-0.3, -0.25) is 0 Å². The van der Waals surface area contributed by atoms with E-state index in [1.54, 1.807) is 0 Å². The van der Waals surface area contributed by atoms with Crippen molar-refractivity contribution in [2.24, 2.45) is 0 Å². The normalized spacial score (nSPS) is 12.6. The molecule has 208 valence electrons. The van der Waals surface area contributed by atoms with Gasteiger partial charge in [0.05, 0.1) is 7.14 Å². The SMILES string of the molecule is Oc1c(I)cc(I)cc1COc1cc(OCc2cc(I)cc(I)c2O)cc([SH]2c3ccccc3-c3ccccc32)c1. The summed E-state index contributed by atoms with van der Waals surface area (Å²) in [7, 11) is -0.831. The van der Waals surface area contributed by atoms with Crippen LogP contribution in [0.25, 0.3) is 11.1 Å². The molecule has 1 heterocycles. The minimum Gasteiger partial charge on any atom is -0.506 e. The Morgan fingerprint density at radius 3 is 1.46 bits per heavy atom. The monoisotopic (exact) mass is 1010 g/mol. The van der Waals surface area contributed by atoms with Gasteiger partial charge >= 0.3 is 0 Å². The predicted octanol–water partition coefficient (Wildman–Crippen LogP) is 10.1. The van der Waals surface area contributed by atoms with Crippen LogP contribution < -0.4 is 9.47 Å². The summed E-state index contributed by atoms with van der Waals surface area (Å²) in [6.07, 6.45) is 0. The van der Waals surface area contributed by atoms with Gasteiger partial charge in [0.1, 0.15) is 36.2 Å². The summed E-state index contributed by atoms with van der Waals surface area (Å²) in [4.78, 5) is 3.73. The van der Waals surface area contributed by atoms with Crippen LogP contribution in [-0.2, 0) is 13.2 Å². The van der Waals surface area contributed by atoms with E-state index in [2.05, 4.69) is 151 Å². The van der Waals surface area contributed by atoms with E-state index in [9.17, 15) is 10.2 Å². The molecule has 41 heavy (non-hydrogen) atoms. The summed E-state index contributed by atoms with van der Waals surface area (Å²) < 4.78 is 16.3. The minimum atomic E-state index is -0.831. The lowest BCUT2D eigenvalue weighted by molar-refractivity contribution is 0.282. The molecule has 2 N–H and O–H groups in total. The molecule has 0 radical (unpaired) electrons. The number of halogens is 4. The number of rotatable bonds is 7. The molecule has 0 aliphatic carbocycles. The van der Waals surface area contributed by atoms with Gasteiger partial charge in [-0.15, -0.1) is 0 Å². The van der Waals surface area contributed by atoms with Gasteiger partial charge in [-0.1, -0.05) is 36.4 Å². The quantitative estimate of drug-likeness (QED) is 0.110. The molecule has 0 bridgehead atoms. The predicted molar refractivity (Wildman–Crippen MR) is 198 cm³/mol. The number of fused-ring (bicyclic) bond motifs is 3. The number of benzene rings is 5. The maximum Gasteiger partial charge on any atom is 0.135 e. The van der Waals surface area contributed by atoms with Crippen molar-refractivity contribution in [1.29, 1.82) is 0 Å². The van der Waals surface area contributed by atoms with Crippen LogP contribution in [0.4, 0.5) is 0 Å². The molecule has 0 spiro atoms. The number of ether oxygens (including phenoxy) is 2. The highest BCUT2D eigenvalue weighted by Crippen LogP contribution is 2.63. The fourth-order valence-corrected chi connectivity index (χ4v) is 11.4. The number of thiol groups is 1. The van der Waals surface area contributed by atoms with E-state index in [4.69, 9.17) is 9.47 Å². The van der Waals surface area contributed by atoms with Crippen molar-refractivity contribution in [3.05, 3.63) is 116 Å². The molecule has 0 unspecified atom stereocenters. The Morgan fingerprint density at radius 2 is 1.00 bits per heavy atom. The third kappa shape index (κ3) is 6.29. The minimum absolute atomic E-state index is 0.225. The Labute approximate surface area is 295 Å². The molecular formula is C32H22I4O4S. The number of phenolic OH excluding ortho intramolecular Hbond substituents is 2. The topological polar surface area (TPSA) is 58.9 Å². The molecule has 1 aliphatic heterocycles. The van der Waals surface area contributed by atoms with E-state index in [-0.39, 0.29) is 24.7 Å². The zero-order valence-electron chi connectivity index (χ0n) is 21.2. The third-order valence-corrected chi connectivity index (χ3v) is 12.1. The number of phenols is 2. The largest absolute Gasteiger partial charge is 0.506 e. The standard InChI is InChI=1S/C32H22I4O4S/c33-20-9-18(31(37)27(35)11-20)16-39-22-13-23(40-17-19-10-21(34)12-28(36)32(19)38)15-24(14-22)41-29-7-3-1-5-25(29)26-6-2-4-8-30(26)41/h1-15,37-38,41H,16-17H2. The average Bonchev–Trinajstić information content (AvgIpc) is 3.30. The third-order valence-electron chi connectivity index (χ3n) is 6.71. The highest BCUT2D eigenvalue weighted by Gasteiger charge is 2.27. The van der Waals surface area contributed by atoms with Crippen LogP contribution in [0.2, 0.25) is 0 Å². The van der Waals surface area contributed by atoms with E-state index < -0.39 is 10.9 Å². The molecule has 5 aromatic carbocycles. The van der Waals surface area contributed by atoms with Gasteiger partial charge in [-0.25, -0.2) is 0 Å². The fraction of sp³-hybridized carbons (Fsp3) is 0.0625. The molecule has 0 aromatic heterocycles. The molecule has 6 rings (SSSR count). The van der Waals surface area contributed by atoms with Crippen molar-refractivity contribution in [3.8, 4) is 34.1 Å². The molecule has 0 saturated carbocycles. The van der Waals surface area contributed by atoms with Gasteiger partial charge < -0.3 is 19.7 Å². The molecule has 5 aromatic rings. The van der Waals surface area contributed by atoms with E-state index in [0.717, 1.165) is 30.3 Å². The lowest BCUT2D eigenvalue weighted by atomic mass is 10.1. The second kappa shape index (κ2) is 12.7. The number of hydrogen-bond acceptors (Lipinski definition) is 4. The maximum absolute atomic E-state index is 10.6. The first-order valence-corrected chi connectivity index (χ1v) is 18.2.